The van der Waals surface area contributed by atoms with Crippen LogP contribution in [0.25, 0.3) is 0 Å². The molecule has 1 aromatic rings. The van der Waals surface area contributed by atoms with Crippen LogP contribution in [0, 0.1) is 11.8 Å². The van der Waals surface area contributed by atoms with Gasteiger partial charge in [0.15, 0.2) is 0 Å². The molecule has 0 N–H and O–H groups in total. The highest BCUT2D eigenvalue weighted by Crippen LogP contribution is 2.61. The van der Waals surface area contributed by atoms with Gasteiger partial charge in [-0.15, -0.1) is 21.8 Å². The largest absolute Gasteiger partial charge is 0.143 e. The monoisotopic (exact) mass is 242 g/mol. The van der Waals surface area contributed by atoms with E-state index in [0.717, 1.165) is 22.8 Å². The summed E-state index contributed by atoms with van der Waals surface area (Å²) in [5, 5.41) is 10.7. The average molecular weight is 243 g/mol. The molecular weight excluding hydrogens is 228 g/mol. The lowest BCUT2D eigenvalue weighted by atomic mass is 10.0. The van der Waals surface area contributed by atoms with Gasteiger partial charge in [-0.25, -0.2) is 0 Å². The summed E-state index contributed by atoms with van der Waals surface area (Å²) in [5.41, 5.74) is 0. The molecule has 0 saturated heterocycles. The summed E-state index contributed by atoms with van der Waals surface area (Å²) in [4.78, 5) is 0. The Labute approximate surface area is 99.1 Å². The number of nitrogens with zero attached hydrogens (tertiary/aromatic N) is 2. The Bertz CT molecular complexity index is 351. The zero-order valence-corrected chi connectivity index (χ0v) is 10.4. The van der Waals surface area contributed by atoms with Gasteiger partial charge in [0.2, 0.25) is 0 Å². The Morgan fingerprint density at radius 1 is 1.27 bits per heavy atom. The summed E-state index contributed by atoms with van der Waals surface area (Å²) < 4.78 is 0. The quantitative estimate of drug-likeness (QED) is 0.739. The summed E-state index contributed by atoms with van der Waals surface area (Å²) in [6.07, 6.45) is 5.63. The molecule has 0 aliphatic heterocycles. The summed E-state index contributed by atoms with van der Waals surface area (Å²) >= 11 is 7.73. The smallest absolute Gasteiger partial charge is 0.135 e. The topological polar surface area (TPSA) is 25.8 Å². The van der Waals surface area contributed by atoms with E-state index in [4.69, 9.17) is 11.6 Å². The van der Waals surface area contributed by atoms with Crippen LogP contribution in [0.4, 0.5) is 0 Å². The van der Waals surface area contributed by atoms with Crippen molar-refractivity contribution >= 4 is 22.9 Å². The van der Waals surface area contributed by atoms with Gasteiger partial charge in [-0.3, -0.25) is 0 Å². The molecule has 0 radical (unpaired) electrons. The van der Waals surface area contributed by atoms with Gasteiger partial charge in [0, 0.05) is 5.92 Å². The summed E-state index contributed by atoms with van der Waals surface area (Å²) in [6, 6.07) is 0. The molecule has 1 aromatic heterocycles. The van der Waals surface area contributed by atoms with Crippen molar-refractivity contribution in [2.45, 2.75) is 43.9 Å². The molecule has 1 heterocycles. The zero-order valence-electron chi connectivity index (χ0n) is 8.82. The molecule has 0 bridgehead atoms. The maximum absolute atomic E-state index is 6.00. The highest BCUT2D eigenvalue weighted by molar-refractivity contribution is 7.11. The number of hydrogen-bond acceptors (Lipinski definition) is 3. The predicted molar refractivity (Wildman–Crippen MR) is 62.4 cm³/mol. The van der Waals surface area contributed by atoms with Crippen LogP contribution in [0.1, 0.15) is 53.9 Å². The van der Waals surface area contributed by atoms with Gasteiger partial charge >= 0.3 is 0 Å². The van der Waals surface area contributed by atoms with Gasteiger partial charge in [0.05, 0.1) is 5.38 Å². The van der Waals surface area contributed by atoms with Crippen molar-refractivity contribution in [3.8, 4) is 0 Å². The lowest BCUT2D eigenvalue weighted by molar-refractivity contribution is 0.480. The van der Waals surface area contributed by atoms with Gasteiger partial charge in [-0.2, -0.15) is 0 Å². The van der Waals surface area contributed by atoms with Crippen molar-refractivity contribution in [2.75, 3.05) is 0 Å². The van der Waals surface area contributed by atoms with E-state index in [2.05, 4.69) is 10.2 Å². The molecule has 3 unspecified atom stereocenters. The molecule has 0 spiro atoms. The molecule has 0 aromatic carbocycles. The third kappa shape index (κ3) is 1.70. The van der Waals surface area contributed by atoms with Crippen LogP contribution in [0.15, 0.2) is 0 Å². The Hall–Kier alpha value is -0.150. The van der Waals surface area contributed by atoms with Crippen molar-refractivity contribution in [2.24, 2.45) is 11.8 Å². The number of fused-ring (bicyclic) bond motifs is 1. The van der Waals surface area contributed by atoms with E-state index >= 15 is 0 Å². The van der Waals surface area contributed by atoms with Crippen LogP contribution >= 0.6 is 22.9 Å². The second-order valence-electron chi connectivity index (χ2n) is 4.73. The Morgan fingerprint density at radius 2 is 1.93 bits per heavy atom. The van der Waals surface area contributed by atoms with Crippen molar-refractivity contribution in [1.29, 1.82) is 0 Å². The number of alkyl halides is 1. The van der Waals surface area contributed by atoms with Gasteiger partial charge in [-0.05, 0) is 31.6 Å². The second-order valence-corrected chi connectivity index (χ2v) is 6.43. The van der Waals surface area contributed by atoms with E-state index < -0.39 is 0 Å². The van der Waals surface area contributed by atoms with Gasteiger partial charge in [-0.1, -0.05) is 24.2 Å². The first-order chi connectivity index (χ1) is 7.27. The Morgan fingerprint density at radius 3 is 2.47 bits per heavy atom. The lowest BCUT2D eigenvalue weighted by Crippen LogP contribution is -1.91. The molecule has 2 aliphatic carbocycles. The molecule has 82 valence electrons. The fourth-order valence-electron chi connectivity index (χ4n) is 2.90. The first kappa shape index (κ1) is 10.0. The highest BCUT2D eigenvalue weighted by atomic mass is 35.5. The van der Waals surface area contributed by atoms with E-state index in [1.54, 1.807) is 11.3 Å². The normalized spacial score (nSPS) is 36.0. The van der Waals surface area contributed by atoms with Crippen molar-refractivity contribution in [1.82, 2.24) is 10.2 Å². The van der Waals surface area contributed by atoms with Gasteiger partial charge in [0.25, 0.3) is 0 Å². The molecule has 15 heavy (non-hydrogen) atoms. The minimum absolute atomic E-state index is 0.0111. The first-order valence-corrected chi connectivity index (χ1v) is 7.00. The molecule has 0 amide bonds. The average Bonchev–Trinajstić information content (AvgIpc) is 2.75. The number of hydrogen-bond donors (Lipinski definition) is 0. The Balaban J connectivity index is 1.77. The maximum Gasteiger partial charge on any atom is 0.135 e. The lowest BCUT2D eigenvalue weighted by Gasteiger charge is -2.04. The summed E-state index contributed by atoms with van der Waals surface area (Å²) in [5.74, 6) is 2.57. The SMILES string of the molecule is CC(Cl)c1nnc(C2C3CCCCC32)s1. The van der Waals surface area contributed by atoms with Gasteiger partial charge < -0.3 is 0 Å². The molecule has 4 heteroatoms. The number of rotatable bonds is 2. The molecule has 2 fully saturated rings. The zero-order chi connectivity index (χ0) is 10.4. The van der Waals surface area contributed by atoms with Crippen LogP contribution in [0.5, 0.6) is 0 Å². The van der Waals surface area contributed by atoms with Crippen LogP contribution in [0.3, 0.4) is 0 Å². The number of halogens is 1. The van der Waals surface area contributed by atoms with Crippen molar-refractivity contribution in [3.63, 3.8) is 0 Å². The van der Waals surface area contributed by atoms with E-state index in [9.17, 15) is 0 Å². The van der Waals surface area contributed by atoms with Crippen LogP contribution in [-0.4, -0.2) is 10.2 Å². The second kappa shape index (κ2) is 3.70. The molecule has 2 aliphatic rings. The fraction of sp³-hybridized carbons (Fsp3) is 0.818. The van der Waals surface area contributed by atoms with Crippen molar-refractivity contribution < 1.29 is 0 Å². The van der Waals surface area contributed by atoms with Crippen LogP contribution in [-0.2, 0) is 0 Å². The molecule has 3 atom stereocenters. The summed E-state index contributed by atoms with van der Waals surface area (Å²) in [7, 11) is 0. The third-order valence-corrected chi connectivity index (χ3v) is 5.28. The van der Waals surface area contributed by atoms with Crippen LogP contribution in [0.2, 0.25) is 0 Å². The minimum atomic E-state index is 0.0111. The third-order valence-electron chi connectivity index (χ3n) is 3.74. The fourth-order valence-corrected chi connectivity index (χ4v) is 4.10. The van der Waals surface area contributed by atoms with Gasteiger partial charge in [0.1, 0.15) is 10.0 Å². The standard InChI is InChI=1S/C11H15ClN2S/c1-6(12)10-13-14-11(15-10)9-7-4-2-3-5-8(7)9/h6-9H,2-5H2,1H3. The summed E-state index contributed by atoms with van der Waals surface area (Å²) in [6.45, 7) is 1.96. The minimum Gasteiger partial charge on any atom is -0.143 e. The van der Waals surface area contributed by atoms with Crippen molar-refractivity contribution in [3.05, 3.63) is 10.0 Å². The van der Waals surface area contributed by atoms with E-state index in [-0.39, 0.29) is 5.38 Å². The van der Waals surface area contributed by atoms with E-state index in [1.807, 2.05) is 6.92 Å². The van der Waals surface area contributed by atoms with E-state index in [0.29, 0.717) is 0 Å². The van der Waals surface area contributed by atoms with E-state index in [1.165, 1.54) is 30.7 Å². The Kier molecular flexibility index (Phi) is 2.48. The maximum atomic E-state index is 6.00. The first-order valence-electron chi connectivity index (χ1n) is 5.74. The molecule has 2 nitrogen and oxygen atoms in total. The molecule has 2 saturated carbocycles. The van der Waals surface area contributed by atoms with Crippen LogP contribution < -0.4 is 0 Å². The highest BCUT2D eigenvalue weighted by Gasteiger charge is 2.53. The molecule has 3 rings (SSSR count). The molecular formula is C11H15ClN2S. The predicted octanol–water partition coefficient (Wildman–Crippen LogP) is 3.74. The number of aromatic nitrogens is 2.